The van der Waals surface area contributed by atoms with Crippen LogP contribution in [0.5, 0.6) is 0 Å². The van der Waals surface area contributed by atoms with E-state index in [9.17, 15) is 0 Å². The second-order valence-corrected chi connectivity index (χ2v) is 5.93. The zero-order chi connectivity index (χ0) is 13.5. The quantitative estimate of drug-likeness (QED) is 0.436. The molecule has 19 heavy (non-hydrogen) atoms. The fraction of sp³-hybridized carbons (Fsp3) is 0.933. The van der Waals surface area contributed by atoms with Crippen molar-refractivity contribution in [2.24, 2.45) is 16.8 Å². The first kappa shape index (κ1) is 14.6. The van der Waals surface area contributed by atoms with E-state index in [-0.39, 0.29) is 0 Å². The minimum atomic E-state index is 0.667. The summed E-state index contributed by atoms with van der Waals surface area (Å²) in [4.78, 5) is 7.01. The molecule has 1 heterocycles. The van der Waals surface area contributed by atoms with Crippen molar-refractivity contribution in [2.75, 3.05) is 39.9 Å². The molecule has 1 unspecified atom stereocenters. The maximum absolute atomic E-state index is 5.44. The molecule has 2 fully saturated rings. The third-order valence-electron chi connectivity index (χ3n) is 3.98. The summed E-state index contributed by atoms with van der Waals surface area (Å²) in [6.07, 6.45) is 6.69. The number of rotatable bonds is 7. The summed E-state index contributed by atoms with van der Waals surface area (Å²) in [6, 6.07) is 0. The van der Waals surface area contributed by atoms with Crippen LogP contribution in [-0.4, -0.2) is 50.8 Å². The Balaban J connectivity index is 1.72. The lowest BCUT2D eigenvalue weighted by Crippen LogP contribution is -2.41. The normalized spacial score (nSPS) is 23.7. The zero-order valence-electron chi connectivity index (χ0n) is 12.5. The van der Waals surface area contributed by atoms with Crippen LogP contribution in [0.3, 0.4) is 0 Å². The molecule has 110 valence electrons. The van der Waals surface area contributed by atoms with Gasteiger partial charge in [0.05, 0.1) is 6.61 Å². The van der Waals surface area contributed by atoms with Crippen LogP contribution in [0.25, 0.3) is 0 Å². The molecule has 0 amide bonds. The summed E-state index contributed by atoms with van der Waals surface area (Å²) in [7, 11) is 2.14. The van der Waals surface area contributed by atoms with Crippen molar-refractivity contribution in [3.05, 3.63) is 0 Å². The van der Waals surface area contributed by atoms with Gasteiger partial charge < -0.3 is 15.0 Å². The molecule has 1 atom stereocenters. The third-order valence-corrected chi connectivity index (χ3v) is 3.98. The minimum absolute atomic E-state index is 0.667. The molecule has 0 aromatic carbocycles. The van der Waals surface area contributed by atoms with Gasteiger partial charge in [0.15, 0.2) is 5.96 Å². The van der Waals surface area contributed by atoms with Gasteiger partial charge in [-0.1, -0.05) is 12.8 Å². The largest absolute Gasteiger partial charge is 0.381 e. The van der Waals surface area contributed by atoms with Gasteiger partial charge >= 0.3 is 0 Å². The van der Waals surface area contributed by atoms with Crippen LogP contribution < -0.4 is 5.32 Å². The fourth-order valence-corrected chi connectivity index (χ4v) is 2.64. The SMILES string of the molecule is CCNC(=NCCCC1CC1)N(C)CC1CCOC1. The van der Waals surface area contributed by atoms with Crippen molar-refractivity contribution in [2.45, 2.75) is 39.0 Å². The highest BCUT2D eigenvalue weighted by Crippen LogP contribution is 2.33. The van der Waals surface area contributed by atoms with Crippen molar-refractivity contribution >= 4 is 5.96 Å². The predicted molar refractivity (Wildman–Crippen MR) is 79.5 cm³/mol. The summed E-state index contributed by atoms with van der Waals surface area (Å²) in [5, 5.41) is 3.40. The van der Waals surface area contributed by atoms with Crippen LogP contribution in [0.2, 0.25) is 0 Å². The zero-order valence-corrected chi connectivity index (χ0v) is 12.5. The van der Waals surface area contributed by atoms with Crippen molar-refractivity contribution in [3.8, 4) is 0 Å². The average Bonchev–Trinajstić information content (AvgIpc) is 3.09. The lowest BCUT2D eigenvalue weighted by atomic mass is 10.1. The van der Waals surface area contributed by atoms with E-state index in [1.165, 1.54) is 32.1 Å². The molecule has 2 aliphatic rings. The first-order valence-electron chi connectivity index (χ1n) is 7.86. The number of hydrogen-bond donors (Lipinski definition) is 1. The lowest BCUT2D eigenvalue weighted by Gasteiger charge is -2.24. The van der Waals surface area contributed by atoms with E-state index in [1.807, 2.05) is 0 Å². The van der Waals surface area contributed by atoms with Gasteiger partial charge in [0, 0.05) is 39.2 Å². The van der Waals surface area contributed by atoms with Gasteiger partial charge in [-0.3, -0.25) is 4.99 Å². The van der Waals surface area contributed by atoms with Crippen molar-refractivity contribution in [3.63, 3.8) is 0 Å². The van der Waals surface area contributed by atoms with E-state index in [1.54, 1.807) is 0 Å². The van der Waals surface area contributed by atoms with Gasteiger partial charge in [-0.05, 0) is 32.1 Å². The van der Waals surface area contributed by atoms with Crippen LogP contribution in [-0.2, 0) is 4.74 Å². The van der Waals surface area contributed by atoms with Gasteiger partial charge in [0.2, 0.25) is 0 Å². The number of hydrogen-bond acceptors (Lipinski definition) is 2. The van der Waals surface area contributed by atoms with Gasteiger partial charge in [-0.15, -0.1) is 0 Å². The first-order valence-corrected chi connectivity index (χ1v) is 7.86. The van der Waals surface area contributed by atoms with Crippen LogP contribution >= 0.6 is 0 Å². The predicted octanol–water partition coefficient (Wildman–Crippen LogP) is 2.11. The molecule has 1 saturated carbocycles. The molecule has 1 aliphatic carbocycles. The Hall–Kier alpha value is -0.770. The highest BCUT2D eigenvalue weighted by atomic mass is 16.5. The van der Waals surface area contributed by atoms with Crippen LogP contribution in [0, 0.1) is 11.8 Å². The average molecular weight is 267 g/mol. The molecule has 0 spiro atoms. The van der Waals surface area contributed by atoms with E-state index in [4.69, 9.17) is 9.73 Å². The Labute approximate surface area is 117 Å². The van der Waals surface area contributed by atoms with E-state index in [0.29, 0.717) is 5.92 Å². The molecule has 4 nitrogen and oxygen atoms in total. The lowest BCUT2D eigenvalue weighted by molar-refractivity contribution is 0.181. The number of guanidine groups is 1. The topological polar surface area (TPSA) is 36.9 Å². The Bertz CT molecular complexity index is 283. The number of aliphatic imine (C=N–C) groups is 1. The number of nitrogens with one attached hydrogen (secondary N) is 1. The van der Waals surface area contributed by atoms with Crippen LogP contribution in [0.4, 0.5) is 0 Å². The maximum Gasteiger partial charge on any atom is 0.193 e. The molecule has 2 rings (SSSR count). The highest BCUT2D eigenvalue weighted by Gasteiger charge is 2.20. The van der Waals surface area contributed by atoms with Gasteiger partial charge in [0.1, 0.15) is 0 Å². The van der Waals surface area contributed by atoms with Gasteiger partial charge in [-0.2, -0.15) is 0 Å². The van der Waals surface area contributed by atoms with Crippen molar-refractivity contribution in [1.82, 2.24) is 10.2 Å². The molecular weight excluding hydrogens is 238 g/mol. The van der Waals surface area contributed by atoms with E-state index in [0.717, 1.165) is 44.7 Å². The Morgan fingerprint density at radius 2 is 2.16 bits per heavy atom. The number of nitrogens with zero attached hydrogens (tertiary/aromatic N) is 2. The molecule has 1 N–H and O–H groups in total. The summed E-state index contributed by atoms with van der Waals surface area (Å²) in [6.45, 7) is 6.91. The maximum atomic E-state index is 5.44. The van der Waals surface area contributed by atoms with E-state index < -0.39 is 0 Å². The summed E-state index contributed by atoms with van der Waals surface area (Å²) in [5.74, 6) is 2.75. The monoisotopic (exact) mass is 267 g/mol. The summed E-state index contributed by atoms with van der Waals surface area (Å²) in [5.41, 5.74) is 0. The highest BCUT2D eigenvalue weighted by molar-refractivity contribution is 5.79. The molecule has 0 radical (unpaired) electrons. The molecule has 0 aromatic rings. The fourth-order valence-electron chi connectivity index (χ4n) is 2.64. The van der Waals surface area contributed by atoms with Crippen LogP contribution in [0.1, 0.15) is 39.0 Å². The molecular formula is C15H29N3O. The molecule has 1 saturated heterocycles. The minimum Gasteiger partial charge on any atom is -0.381 e. The third kappa shape index (κ3) is 5.39. The van der Waals surface area contributed by atoms with E-state index in [2.05, 4.69) is 24.2 Å². The Morgan fingerprint density at radius 3 is 2.79 bits per heavy atom. The smallest absolute Gasteiger partial charge is 0.193 e. The first-order chi connectivity index (χ1) is 9.29. The van der Waals surface area contributed by atoms with Crippen molar-refractivity contribution < 1.29 is 4.74 Å². The number of ether oxygens (including phenoxy) is 1. The van der Waals surface area contributed by atoms with Crippen LogP contribution in [0.15, 0.2) is 4.99 Å². The molecule has 4 heteroatoms. The van der Waals surface area contributed by atoms with Gasteiger partial charge in [-0.25, -0.2) is 0 Å². The van der Waals surface area contributed by atoms with Gasteiger partial charge in [0.25, 0.3) is 0 Å². The summed E-state index contributed by atoms with van der Waals surface area (Å²) >= 11 is 0. The summed E-state index contributed by atoms with van der Waals surface area (Å²) < 4.78 is 5.44. The second kappa shape index (κ2) is 7.73. The second-order valence-electron chi connectivity index (χ2n) is 5.93. The Morgan fingerprint density at radius 1 is 1.32 bits per heavy atom. The Kier molecular flexibility index (Phi) is 5.95. The molecule has 1 aliphatic heterocycles. The van der Waals surface area contributed by atoms with Crippen molar-refractivity contribution in [1.29, 1.82) is 0 Å². The van der Waals surface area contributed by atoms with E-state index >= 15 is 0 Å². The standard InChI is InChI=1S/C15H29N3O/c1-3-16-15(17-9-4-5-13-6-7-13)18(2)11-14-8-10-19-12-14/h13-14H,3-12H2,1-2H3,(H,16,17). The molecule has 0 aromatic heterocycles. The molecule has 0 bridgehead atoms.